The molecular weight excluding hydrogens is 376 g/mol. The Labute approximate surface area is 174 Å². The second-order valence-electron chi connectivity index (χ2n) is 6.80. The molecule has 0 bridgehead atoms. The van der Waals surface area contributed by atoms with Crippen LogP contribution >= 0.6 is 0 Å². The summed E-state index contributed by atoms with van der Waals surface area (Å²) in [5.74, 6) is 0.551. The molecule has 4 aromatic rings. The number of fused-ring (bicyclic) bond motifs is 1. The van der Waals surface area contributed by atoms with Crippen molar-refractivity contribution in [2.75, 3.05) is 12.3 Å². The maximum Gasteiger partial charge on any atom is 0.251 e. The van der Waals surface area contributed by atoms with Crippen LogP contribution in [0, 0.1) is 0 Å². The smallest absolute Gasteiger partial charge is 0.251 e. The van der Waals surface area contributed by atoms with Crippen molar-refractivity contribution >= 4 is 22.8 Å². The predicted molar refractivity (Wildman–Crippen MR) is 118 cm³/mol. The third kappa shape index (κ3) is 4.22. The van der Waals surface area contributed by atoms with E-state index in [0.717, 1.165) is 27.6 Å². The van der Waals surface area contributed by atoms with Crippen molar-refractivity contribution in [2.45, 2.75) is 13.5 Å². The Bertz CT molecular complexity index is 1180. The molecular formula is C24H22N4O2. The first kappa shape index (κ1) is 19.4. The van der Waals surface area contributed by atoms with E-state index in [2.05, 4.69) is 15.3 Å². The molecule has 0 aliphatic heterocycles. The van der Waals surface area contributed by atoms with Crippen LogP contribution in [0.15, 0.2) is 72.8 Å². The van der Waals surface area contributed by atoms with Crippen LogP contribution in [-0.4, -0.2) is 22.5 Å². The van der Waals surface area contributed by atoms with Gasteiger partial charge in [-0.05, 0) is 47.9 Å². The number of nitrogens with two attached hydrogens (primary N) is 1. The largest absolute Gasteiger partial charge is 0.477 e. The maximum atomic E-state index is 12.4. The number of nitrogens with one attached hydrogen (secondary N) is 1. The zero-order valence-electron chi connectivity index (χ0n) is 16.6. The molecule has 0 aliphatic rings. The Kier molecular flexibility index (Phi) is 5.57. The average molecular weight is 398 g/mol. The first-order valence-corrected chi connectivity index (χ1v) is 9.76. The Hall–Kier alpha value is -3.93. The first-order chi connectivity index (χ1) is 14.6. The summed E-state index contributed by atoms with van der Waals surface area (Å²) in [5.41, 5.74) is 10.1. The fourth-order valence-corrected chi connectivity index (χ4v) is 3.24. The lowest BCUT2D eigenvalue weighted by molar-refractivity contribution is 0.0951. The van der Waals surface area contributed by atoms with Crippen LogP contribution in [-0.2, 0) is 6.54 Å². The van der Waals surface area contributed by atoms with Crippen LogP contribution in [0.5, 0.6) is 5.88 Å². The Morgan fingerprint density at radius 2 is 1.70 bits per heavy atom. The average Bonchev–Trinajstić information content (AvgIpc) is 2.78. The van der Waals surface area contributed by atoms with Crippen molar-refractivity contribution in [3.05, 3.63) is 83.9 Å². The van der Waals surface area contributed by atoms with Gasteiger partial charge in [0.15, 0.2) is 0 Å². The van der Waals surface area contributed by atoms with E-state index in [9.17, 15) is 4.79 Å². The lowest BCUT2D eigenvalue weighted by Gasteiger charge is -2.10. The van der Waals surface area contributed by atoms with Crippen molar-refractivity contribution in [2.24, 2.45) is 0 Å². The van der Waals surface area contributed by atoms with Crippen molar-refractivity contribution in [1.82, 2.24) is 15.3 Å². The monoisotopic (exact) mass is 398 g/mol. The number of hydrogen-bond donors (Lipinski definition) is 2. The summed E-state index contributed by atoms with van der Waals surface area (Å²) in [6, 6.07) is 23.2. The van der Waals surface area contributed by atoms with Gasteiger partial charge in [0, 0.05) is 12.1 Å². The van der Waals surface area contributed by atoms with E-state index in [1.54, 1.807) is 0 Å². The summed E-state index contributed by atoms with van der Waals surface area (Å²) in [6.07, 6.45) is 0. The van der Waals surface area contributed by atoms with E-state index in [1.807, 2.05) is 79.7 Å². The number of carbonyl (C=O) groups is 1. The minimum Gasteiger partial charge on any atom is -0.477 e. The Morgan fingerprint density at radius 1 is 0.967 bits per heavy atom. The number of hydrogen-bond acceptors (Lipinski definition) is 5. The van der Waals surface area contributed by atoms with E-state index in [-0.39, 0.29) is 11.9 Å². The molecule has 0 atom stereocenters. The minimum atomic E-state index is -0.105. The number of nitrogen functional groups attached to an aromatic ring is 1. The molecule has 0 fully saturated rings. The molecule has 1 aromatic heterocycles. The molecule has 0 aliphatic carbocycles. The van der Waals surface area contributed by atoms with Gasteiger partial charge in [-0.3, -0.25) is 4.79 Å². The van der Waals surface area contributed by atoms with Crippen LogP contribution in [0.1, 0.15) is 22.8 Å². The van der Waals surface area contributed by atoms with Gasteiger partial charge in [0.1, 0.15) is 0 Å². The SMILES string of the molecule is CCOc1nc(N)nc2ccc(-c3ccc(C(=O)NCc4ccccc4)cc3)cc12. The highest BCUT2D eigenvalue weighted by Gasteiger charge is 2.10. The van der Waals surface area contributed by atoms with Gasteiger partial charge in [0.25, 0.3) is 5.91 Å². The van der Waals surface area contributed by atoms with E-state index in [4.69, 9.17) is 10.5 Å². The zero-order chi connectivity index (χ0) is 20.9. The van der Waals surface area contributed by atoms with E-state index >= 15 is 0 Å². The number of ether oxygens (including phenoxy) is 1. The summed E-state index contributed by atoms with van der Waals surface area (Å²) in [7, 11) is 0. The van der Waals surface area contributed by atoms with Crippen LogP contribution < -0.4 is 15.8 Å². The fourth-order valence-electron chi connectivity index (χ4n) is 3.24. The van der Waals surface area contributed by atoms with E-state index < -0.39 is 0 Å². The summed E-state index contributed by atoms with van der Waals surface area (Å²) in [4.78, 5) is 20.9. The minimum absolute atomic E-state index is 0.105. The normalized spacial score (nSPS) is 10.7. The molecule has 3 aromatic carbocycles. The summed E-state index contributed by atoms with van der Waals surface area (Å²) < 4.78 is 5.62. The molecule has 6 nitrogen and oxygen atoms in total. The molecule has 150 valence electrons. The van der Waals surface area contributed by atoms with Gasteiger partial charge in [-0.1, -0.05) is 48.5 Å². The third-order valence-electron chi connectivity index (χ3n) is 4.74. The molecule has 3 N–H and O–H groups in total. The summed E-state index contributed by atoms with van der Waals surface area (Å²) in [5, 5.41) is 3.74. The molecule has 1 heterocycles. The molecule has 0 radical (unpaired) electrons. The number of aromatic nitrogens is 2. The molecule has 30 heavy (non-hydrogen) atoms. The van der Waals surface area contributed by atoms with Gasteiger partial charge in [-0.2, -0.15) is 4.98 Å². The maximum absolute atomic E-state index is 12.4. The molecule has 4 rings (SSSR count). The van der Waals surface area contributed by atoms with E-state index in [1.165, 1.54) is 0 Å². The first-order valence-electron chi connectivity index (χ1n) is 9.76. The molecule has 0 spiro atoms. The fraction of sp³-hybridized carbons (Fsp3) is 0.125. The van der Waals surface area contributed by atoms with E-state index in [0.29, 0.717) is 24.6 Å². The number of rotatable bonds is 6. The van der Waals surface area contributed by atoms with Crippen LogP contribution in [0.4, 0.5) is 5.95 Å². The van der Waals surface area contributed by atoms with Crippen LogP contribution in [0.3, 0.4) is 0 Å². The second kappa shape index (κ2) is 8.61. The van der Waals surface area contributed by atoms with Gasteiger partial charge in [0.2, 0.25) is 11.8 Å². The predicted octanol–water partition coefficient (Wildman–Crippen LogP) is 4.21. The standard InChI is InChI=1S/C24H22N4O2/c1-2-30-23-20-14-19(12-13-21(20)27-24(25)28-23)17-8-10-18(11-9-17)22(29)26-15-16-6-4-3-5-7-16/h3-14H,2,15H2,1H3,(H,26,29)(H2,25,27,28). The summed E-state index contributed by atoms with van der Waals surface area (Å²) in [6.45, 7) is 2.88. The van der Waals surface area contributed by atoms with Gasteiger partial charge in [-0.15, -0.1) is 0 Å². The lowest BCUT2D eigenvalue weighted by atomic mass is 10.0. The molecule has 6 heteroatoms. The van der Waals surface area contributed by atoms with Crippen LogP contribution in [0.2, 0.25) is 0 Å². The number of benzene rings is 3. The molecule has 0 saturated carbocycles. The molecule has 0 unspecified atom stereocenters. The quantitative estimate of drug-likeness (QED) is 0.508. The van der Waals surface area contributed by atoms with Gasteiger partial charge in [-0.25, -0.2) is 4.98 Å². The van der Waals surface area contributed by atoms with Gasteiger partial charge in [0.05, 0.1) is 17.5 Å². The van der Waals surface area contributed by atoms with Gasteiger partial charge < -0.3 is 15.8 Å². The van der Waals surface area contributed by atoms with Crippen molar-refractivity contribution in [3.8, 4) is 17.0 Å². The Morgan fingerprint density at radius 3 is 2.43 bits per heavy atom. The van der Waals surface area contributed by atoms with Crippen LogP contribution in [0.25, 0.3) is 22.0 Å². The topological polar surface area (TPSA) is 90.1 Å². The zero-order valence-corrected chi connectivity index (χ0v) is 16.6. The lowest BCUT2D eigenvalue weighted by Crippen LogP contribution is -2.22. The summed E-state index contributed by atoms with van der Waals surface area (Å²) >= 11 is 0. The number of nitrogens with zero attached hydrogens (tertiary/aromatic N) is 2. The number of carbonyl (C=O) groups excluding carboxylic acids is 1. The second-order valence-corrected chi connectivity index (χ2v) is 6.80. The van der Waals surface area contributed by atoms with Gasteiger partial charge >= 0.3 is 0 Å². The number of amides is 1. The van der Waals surface area contributed by atoms with Crippen molar-refractivity contribution in [1.29, 1.82) is 0 Å². The van der Waals surface area contributed by atoms with Crippen molar-refractivity contribution in [3.63, 3.8) is 0 Å². The van der Waals surface area contributed by atoms with Crippen molar-refractivity contribution < 1.29 is 9.53 Å². The highest BCUT2D eigenvalue weighted by molar-refractivity contribution is 5.95. The molecule has 0 saturated heterocycles. The number of anilines is 1. The highest BCUT2D eigenvalue weighted by atomic mass is 16.5. The Balaban J connectivity index is 1.54. The third-order valence-corrected chi connectivity index (χ3v) is 4.74. The highest BCUT2D eigenvalue weighted by Crippen LogP contribution is 2.29. The molecule has 1 amide bonds.